The van der Waals surface area contributed by atoms with Gasteiger partial charge < -0.3 is 10.6 Å². The number of pyridine rings is 1. The normalized spacial score (nSPS) is 18.7. The summed E-state index contributed by atoms with van der Waals surface area (Å²) in [7, 11) is 0. The number of nitrogens with two attached hydrogens (primary N) is 1. The minimum Gasteiger partial charge on any atom is -0.384 e. The van der Waals surface area contributed by atoms with Gasteiger partial charge in [0.05, 0.1) is 10.4 Å². The molecule has 4 heterocycles. The van der Waals surface area contributed by atoms with Crippen LogP contribution in [0.15, 0.2) is 30.0 Å². The molecule has 4 rings (SSSR count). The lowest BCUT2D eigenvalue weighted by molar-refractivity contribution is 0.506. The maximum absolute atomic E-state index is 5.75. The summed E-state index contributed by atoms with van der Waals surface area (Å²) in [6.07, 6.45) is 5.76. The van der Waals surface area contributed by atoms with Crippen LogP contribution in [0.5, 0.6) is 0 Å². The fourth-order valence-corrected chi connectivity index (χ4v) is 3.77. The molecule has 1 saturated heterocycles. The number of aromatic nitrogens is 4. The molecule has 3 aromatic heterocycles. The van der Waals surface area contributed by atoms with E-state index in [-0.39, 0.29) is 0 Å². The van der Waals surface area contributed by atoms with Gasteiger partial charge in [0.25, 0.3) is 0 Å². The van der Waals surface area contributed by atoms with Crippen LogP contribution in [-0.4, -0.2) is 33.0 Å². The monoisotopic (exact) mass is 312 g/mol. The number of hydrogen-bond acceptors (Lipinski definition) is 7. The second kappa shape index (κ2) is 5.49. The van der Waals surface area contributed by atoms with Crippen LogP contribution in [0.3, 0.4) is 0 Å². The molecule has 0 aromatic carbocycles. The van der Waals surface area contributed by atoms with E-state index in [1.54, 1.807) is 23.7 Å². The predicted molar refractivity (Wildman–Crippen MR) is 88.0 cm³/mol. The molecule has 112 valence electrons. The second-order valence-corrected chi connectivity index (χ2v) is 6.39. The Labute approximate surface area is 132 Å². The van der Waals surface area contributed by atoms with Gasteiger partial charge in [-0.1, -0.05) is 0 Å². The zero-order valence-electron chi connectivity index (χ0n) is 12.0. The van der Waals surface area contributed by atoms with E-state index in [0.29, 0.717) is 17.4 Å². The van der Waals surface area contributed by atoms with Gasteiger partial charge in [-0.15, -0.1) is 11.3 Å². The summed E-state index contributed by atoms with van der Waals surface area (Å²) in [5, 5.41) is 4.21. The lowest BCUT2D eigenvalue weighted by Crippen LogP contribution is -2.35. The van der Waals surface area contributed by atoms with Crippen molar-refractivity contribution < 1.29 is 0 Å². The van der Waals surface area contributed by atoms with Crippen molar-refractivity contribution in [3.05, 3.63) is 35.0 Å². The Morgan fingerprint density at radius 1 is 1.23 bits per heavy atom. The first kappa shape index (κ1) is 13.4. The third-order valence-electron chi connectivity index (χ3n) is 4.02. The van der Waals surface area contributed by atoms with Crippen molar-refractivity contribution in [2.24, 2.45) is 0 Å². The van der Waals surface area contributed by atoms with Gasteiger partial charge in [0.15, 0.2) is 5.65 Å². The van der Waals surface area contributed by atoms with Crippen LogP contribution in [0.1, 0.15) is 23.8 Å². The van der Waals surface area contributed by atoms with Crippen molar-refractivity contribution >= 4 is 34.0 Å². The van der Waals surface area contributed by atoms with Crippen molar-refractivity contribution in [3.63, 3.8) is 0 Å². The first-order valence-electron chi connectivity index (χ1n) is 7.33. The topological polar surface area (TPSA) is 80.8 Å². The van der Waals surface area contributed by atoms with Gasteiger partial charge in [-0.05, 0) is 25.0 Å². The van der Waals surface area contributed by atoms with Crippen LogP contribution in [0, 0.1) is 0 Å². The molecule has 0 spiro atoms. The first-order valence-corrected chi connectivity index (χ1v) is 8.21. The second-order valence-electron chi connectivity index (χ2n) is 5.46. The van der Waals surface area contributed by atoms with Crippen molar-refractivity contribution in [3.8, 4) is 0 Å². The SMILES string of the molecule is Nc1ccc2c(N3CCC[C@H](c4nccs4)C3)ncnc2n1. The number of hydrogen-bond donors (Lipinski definition) is 1. The molecule has 22 heavy (non-hydrogen) atoms. The molecule has 0 aliphatic carbocycles. The Balaban J connectivity index is 1.69. The number of piperidine rings is 1. The molecule has 0 unspecified atom stereocenters. The molecule has 0 amide bonds. The summed E-state index contributed by atoms with van der Waals surface area (Å²) in [5.41, 5.74) is 6.40. The molecule has 1 aliphatic rings. The van der Waals surface area contributed by atoms with Crippen LogP contribution in [0.25, 0.3) is 11.0 Å². The van der Waals surface area contributed by atoms with Gasteiger partial charge in [-0.3, -0.25) is 0 Å². The van der Waals surface area contributed by atoms with E-state index < -0.39 is 0 Å². The fourth-order valence-electron chi connectivity index (χ4n) is 3.00. The Morgan fingerprint density at radius 2 is 2.18 bits per heavy atom. The average Bonchev–Trinajstić information content (AvgIpc) is 3.08. The number of thiazole rings is 1. The third kappa shape index (κ3) is 2.37. The zero-order chi connectivity index (χ0) is 14.9. The highest BCUT2D eigenvalue weighted by Gasteiger charge is 2.25. The van der Waals surface area contributed by atoms with Crippen molar-refractivity contribution in [2.45, 2.75) is 18.8 Å². The standard InChI is InChI=1S/C15H16N6S/c16-12-4-3-11-13(20-12)18-9-19-14(11)21-6-1-2-10(8-21)15-17-5-7-22-15/h3-5,7,9-10H,1-2,6,8H2,(H2,16,18,19,20)/t10-/m0/s1. The van der Waals surface area contributed by atoms with Gasteiger partial charge in [-0.2, -0.15) is 0 Å². The Kier molecular flexibility index (Phi) is 3.34. The van der Waals surface area contributed by atoms with Gasteiger partial charge in [0.1, 0.15) is 18.0 Å². The molecular weight excluding hydrogens is 296 g/mol. The number of rotatable bonds is 2. The molecule has 0 bridgehead atoms. The van der Waals surface area contributed by atoms with Gasteiger partial charge in [0, 0.05) is 30.6 Å². The lowest BCUT2D eigenvalue weighted by atomic mass is 9.98. The minimum absolute atomic E-state index is 0.473. The van der Waals surface area contributed by atoms with Crippen molar-refractivity contribution in [1.29, 1.82) is 0 Å². The molecule has 0 saturated carbocycles. The van der Waals surface area contributed by atoms with Crippen molar-refractivity contribution in [1.82, 2.24) is 19.9 Å². The third-order valence-corrected chi connectivity index (χ3v) is 4.96. The Hall–Kier alpha value is -2.28. The van der Waals surface area contributed by atoms with Crippen molar-refractivity contribution in [2.75, 3.05) is 23.7 Å². The van der Waals surface area contributed by atoms with Crippen LogP contribution in [-0.2, 0) is 0 Å². The van der Waals surface area contributed by atoms with Crippen LogP contribution >= 0.6 is 11.3 Å². The largest absolute Gasteiger partial charge is 0.384 e. The van der Waals surface area contributed by atoms with E-state index in [9.17, 15) is 0 Å². The first-order chi connectivity index (χ1) is 10.8. The summed E-state index contributed by atoms with van der Waals surface area (Å²) < 4.78 is 0. The molecule has 2 N–H and O–H groups in total. The maximum atomic E-state index is 5.75. The Morgan fingerprint density at radius 3 is 3.05 bits per heavy atom. The van der Waals surface area contributed by atoms with Gasteiger partial charge in [-0.25, -0.2) is 19.9 Å². The van der Waals surface area contributed by atoms with Crippen LogP contribution in [0.4, 0.5) is 11.6 Å². The van der Waals surface area contributed by atoms with E-state index >= 15 is 0 Å². The molecule has 1 aliphatic heterocycles. The summed E-state index contributed by atoms with van der Waals surface area (Å²) in [6.45, 7) is 1.93. The van der Waals surface area contributed by atoms with E-state index in [1.165, 1.54) is 11.4 Å². The number of fused-ring (bicyclic) bond motifs is 1. The highest BCUT2D eigenvalue weighted by molar-refractivity contribution is 7.09. The zero-order valence-corrected chi connectivity index (χ0v) is 12.8. The smallest absolute Gasteiger partial charge is 0.166 e. The highest BCUT2D eigenvalue weighted by atomic mass is 32.1. The molecule has 1 atom stereocenters. The molecule has 1 fully saturated rings. The minimum atomic E-state index is 0.473. The molecular formula is C15H16N6S. The van der Waals surface area contributed by atoms with E-state index in [0.717, 1.165) is 30.7 Å². The summed E-state index contributed by atoms with van der Waals surface area (Å²) >= 11 is 1.73. The number of nitrogens with zero attached hydrogens (tertiary/aromatic N) is 5. The number of nitrogen functional groups attached to an aromatic ring is 1. The molecule has 0 radical (unpaired) electrons. The van der Waals surface area contributed by atoms with Crippen LogP contribution < -0.4 is 10.6 Å². The van der Waals surface area contributed by atoms with E-state index in [1.807, 2.05) is 17.6 Å². The lowest BCUT2D eigenvalue weighted by Gasteiger charge is -2.33. The van der Waals surface area contributed by atoms with Gasteiger partial charge in [0.2, 0.25) is 0 Å². The molecule has 7 heteroatoms. The van der Waals surface area contributed by atoms with Crippen LogP contribution in [0.2, 0.25) is 0 Å². The predicted octanol–water partition coefficient (Wildman–Crippen LogP) is 2.45. The Bertz CT molecular complexity index is 788. The average molecular weight is 312 g/mol. The van der Waals surface area contributed by atoms with Gasteiger partial charge >= 0.3 is 0 Å². The summed E-state index contributed by atoms with van der Waals surface area (Å²) in [5.74, 6) is 1.90. The molecule has 6 nitrogen and oxygen atoms in total. The summed E-state index contributed by atoms with van der Waals surface area (Å²) in [4.78, 5) is 19.8. The summed E-state index contributed by atoms with van der Waals surface area (Å²) in [6, 6.07) is 3.76. The number of anilines is 2. The van der Waals surface area contributed by atoms with E-state index in [4.69, 9.17) is 5.73 Å². The quantitative estimate of drug-likeness (QED) is 0.783. The highest BCUT2D eigenvalue weighted by Crippen LogP contribution is 2.32. The molecule has 3 aromatic rings. The van der Waals surface area contributed by atoms with E-state index in [2.05, 4.69) is 24.8 Å². The fraction of sp³-hybridized carbons (Fsp3) is 0.333. The maximum Gasteiger partial charge on any atom is 0.166 e.